The first-order valence-electron chi connectivity index (χ1n) is 8.65. The Bertz CT molecular complexity index is 1040. The van der Waals surface area contributed by atoms with E-state index in [0.717, 1.165) is 12.1 Å². The molecule has 9 heteroatoms. The highest BCUT2D eigenvalue weighted by atomic mass is 19.4. The third kappa shape index (κ3) is 5.81. The molecule has 0 bridgehead atoms. The Morgan fingerprint density at radius 3 is 2.50 bits per heavy atom. The lowest BCUT2D eigenvalue weighted by molar-refractivity contribution is -0.137. The first kappa shape index (κ1) is 20.8. The summed E-state index contributed by atoms with van der Waals surface area (Å²) in [5.74, 6) is -0.830. The van der Waals surface area contributed by atoms with E-state index >= 15 is 0 Å². The van der Waals surface area contributed by atoms with Crippen molar-refractivity contribution < 1.29 is 31.9 Å². The average Bonchev–Trinajstić information content (AvgIpc) is 3.24. The molecule has 0 unspecified atom stereocenters. The number of carbonyl (C=O) groups is 2. The van der Waals surface area contributed by atoms with Gasteiger partial charge in [0.05, 0.1) is 24.5 Å². The van der Waals surface area contributed by atoms with Gasteiger partial charge < -0.3 is 9.15 Å². The van der Waals surface area contributed by atoms with Crippen LogP contribution in [0, 0.1) is 0 Å². The van der Waals surface area contributed by atoms with Gasteiger partial charge in [-0.1, -0.05) is 18.2 Å². The fraction of sp³-hybridized carbons (Fsp3) is 0.0952. The minimum Gasteiger partial charge on any atom is -0.457 e. The number of alkyl halides is 3. The molecule has 0 atom stereocenters. The molecular formula is C21H15F3N2O4. The third-order valence-corrected chi connectivity index (χ3v) is 3.83. The number of nitrogens with zero attached hydrogens (tertiary/aromatic N) is 1. The summed E-state index contributed by atoms with van der Waals surface area (Å²) in [5, 5.41) is 3.77. The van der Waals surface area contributed by atoms with Crippen molar-refractivity contribution in [3.05, 3.63) is 89.4 Å². The summed E-state index contributed by atoms with van der Waals surface area (Å²) >= 11 is 0. The maximum Gasteiger partial charge on any atom is 0.416 e. The molecule has 0 aliphatic rings. The molecule has 1 heterocycles. The number of hydrogen-bond donors (Lipinski definition) is 1. The monoisotopic (exact) mass is 416 g/mol. The van der Waals surface area contributed by atoms with Crippen LogP contribution >= 0.6 is 0 Å². The number of esters is 1. The van der Waals surface area contributed by atoms with E-state index in [1.165, 1.54) is 42.8 Å². The number of hydrazone groups is 1. The van der Waals surface area contributed by atoms with Gasteiger partial charge in [-0.15, -0.1) is 0 Å². The number of rotatable bonds is 6. The van der Waals surface area contributed by atoms with E-state index in [2.05, 4.69) is 10.5 Å². The Balaban J connectivity index is 1.51. The zero-order valence-corrected chi connectivity index (χ0v) is 15.3. The largest absolute Gasteiger partial charge is 0.457 e. The quantitative estimate of drug-likeness (QED) is 0.283. The van der Waals surface area contributed by atoms with Crippen LogP contribution in [-0.4, -0.2) is 18.1 Å². The summed E-state index contributed by atoms with van der Waals surface area (Å²) < 4.78 is 48.2. The molecule has 1 amide bonds. The van der Waals surface area contributed by atoms with E-state index in [1.54, 1.807) is 18.2 Å². The van der Waals surface area contributed by atoms with Crippen LogP contribution in [0.3, 0.4) is 0 Å². The van der Waals surface area contributed by atoms with Crippen LogP contribution in [-0.2, 0) is 17.4 Å². The number of amides is 1. The normalized spacial score (nSPS) is 11.4. The molecule has 0 aliphatic heterocycles. The number of furan rings is 1. The van der Waals surface area contributed by atoms with Crippen molar-refractivity contribution in [1.29, 1.82) is 0 Å². The van der Waals surface area contributed by atoms with Crippen LogP contribution in [0.2, 0.25) is 0 Å². The molecule has 0 fully saturated rings. The molecule has 3 aromatic rings. The van der Waals surface area contributed by atoms with Crippen molar-refractivity contribution in [2.24, 2.45) is 5.10 Å². The molecular weight excluding hydrogens is 401 g/mol. The number of hydrogen-bond acceptors (Lipinski definition) is 5. The highest BCUT2D eigenvalue weighted by molar-refractivity contribution is 5.88. The zero-order chi connectivity index (χ0) is 21.6. The molecule has 30 heavy (non-hydrogen) atoms. The molecule has 2 aromatic carbocycles. The van der Waals surface area contributed by atoms with Gasteiger partial charge in [0.25, 0.3) is 0 Å². The van der Waals surface area contributed by atoms with Crippen LogP contribution in [0.15, 0.2) is 76.4 Å². The first-order valence-corrected chi connectivity index (χ1v) is 8.65. The smallest absolute Gasteiger partial charge is 0.416 e. The average molecular weight is 416 g/mol. The second-order valence-electron chi connectivity index (χ2n) is 6.10. The number of ether oxygens (including phenoxy) is 1. The minimum absolute atomic E-state index is 0.0733. The fourth-order valence-corrected chi connectivity index (χ4v) is 2.44. The molecule has 0 aliphatic carbocycles. The molecule has 1 aromatic heterocycles. The van der Waals surface area contributed by atoms with Crippen molar-refractivity contribution in [1.82, 2.24) is 5.43 Å². The zero-order valence-electron chi connectivity index (χ0n) is 15.3. The summed E-state index contributed by atoms with van der Waals surface area (Å²) in [6.07, 6.45) is -2.01. The Morgan fingerprint density at radius 1 is 1.07 bits per heavy atom. The minimum atomic E-state index is -4.47. The van der Waals surface area contributed by atoms with Gasteiger partial charge >= 0.3 is 12.1 Å². The Hall–Kier alpha value is -3.88. The Labute approximate surface area is 169 Å². The highest BCUT2D eigenvalue weighted by Gasteiger charge is 2.30. The number of carbonyl (C=O) groups excluding carboxylic acids is 2. The number of halogens is 3. The lowest BCUT2D eigenvalue weighted by Gasteiger charge is -2.08. The third-order valence-electron chi connectivity index (χ3n) is 3.83. The number of benzene rings is 2. The topological polar surface area (TPSA) is 80.9 Å². The molecule has 154 valence electrons. The summed E-state index contributed by atoms with van der Waals surface area (Å²) in [4.78, 5) is 23.7. The van der Waals surface area contributed by atoms with Crippen molar-refractivity contribution >= 4 is 18.1 Å². The first-order chi connectivity index (χ1) is 14.3. The van der Waals surface area contributed by atoms with Gasteiger partial charge in [-0.25, -0.2) is 10.2 Å². The van der Waals surface area contributed by atoms with E-state index < -0.39 is 23.6 Å². The molecule has 3 rings (SSSR count). The van der Waals surface area contributed by atoms with Gasteiger partial charge in [0.1, 0.15) is 5.75 Å². The SMILES string of the molecule is O=C(Cc1cccc(C(F)(F)F)c1)NN=Cc1ccc(OC(=O)c2ccco2)cc1. The van der Waals surface area contributed by atoms with Crippen LogP contribution < -0.4 is 10.2 Å². The molecule has 0 saturated heterocycles. The van der Waals surface area contributed by atoms with Gasteiger partial charge in [0.2, 0.25) is 11.7 Å². The second-order valence-corrected chi connectivity index (χ2v) is 6.10. The summed E-state index contributed by atoms with van der Waals surface area (Å²) in [6.45, 7) is 0. The maximum absolute atomic E-state index is 12.7. The van der Waals surface area contributed by atoms with E-state index in [0.29, 0.717) is 11.3 Å². The summed E-state index contributed by atoms with van der Waals surface area (Å²) in [6, 6.07) is 13.9. The molecule has 1 N–H and O–H groups in total. The standard InChI is InChI=1S/C21H15F3N2O4/c22-21(23,24)16-4-1-3-15(11-16)12-19(27)26-25-13-14-6-8-17(9-7-14)30-20(28)18-5-2-10-29-18/h1-11,13H,12H2,(H,26,27). The number of nitrogens with one attached hydrogen (secondary N) is 1. The molecule has 0 radical (unpaired) electrons. The van der Waals surface area contributed by atoms with Crippen molar-refractivity contribution in [3.8, 4) is 5.75 Å². The molecule has 0 spiro atoms. The van der Waals surface area contributed by atoms with E-state index in [-0.39, 0.29) is 17.7 Å². The summed E-state index contributed by atoms with van der Waals surface area (Å²) in [7, 11) is 0. The van der Waals surface area contributed by atoms with E-state index in [4.69, 9.17) is 9.15 Å². The second kappa shape index (κ2) is 9.08. The lowest BCUT2D eigenvalue weighted by atomic mass is 10.1. The van der Waals surface area contributed by atoms with E-state index in [9.17, 15) is 22.8 Å². The van der Waals surface area contributed by atoms with Gasteiger partial charge in [-0.2, -0.15) is 18.3 Å². The van der Waals surface area contributed by atoms with Crippen molar-refractivity contribution in [2.75, 3.05) is 0 Å². The highest BCUT2D eigenvalue weighted by Crippen LogP contribution is 2.29. The van der Waals surface area contributed by atoms with Crippen LogP contribution in [0.1, 0.15) is 27.2 Å². The predicted molar refractivity (Wildman–Crippen MR) is 101 cm³/mol. The lowest BCUT2D eigenvalue weighted by Crippen LogP contribution is -2.20. The van der Waals surface area contributed by atoms with Crippen molar-refractivity contribution in [2.45, 2.75) is 12.6 Å². The van der Waals surface area contributed by atoms with Gasteiger partial charge in [0.15, 0.2) is 0 Å². The van der Waals surface area contributed by atoms with Gasteiger partial charge in [-0.05, 0) is 53.6 Å². The Kier molecular flexibility index (Phi) is 6.31. The van der Waals surface area contributed by atoms with Crippen molar-refractivity contribution in [3.63, 3.8) is 0 Å². The van der Waals surface area contributed by atoms with Gasteiger partial charge in [0, 0.05) is 0 Å². The molecule has 0 saturated carbocycles. The van der Waals surface area contributed by atoms with Crippen LogP contribution in [0.4, 0.5) is 13.2 Å². The van der Waals surface area contributed by atoms with E-state index in [1.807, 2.05) is 0 Å². The van der Waals surface area contributed by atoms with Crippen LogP contribution in [0.25, 0.3) is 0 Å². The molecule has 6 nitrogen and oxygen atoms in total. The maximum atomic E-state index is 12.7. The van der Waals surface area contributed by atoms with Gasteiger partial charge in [-0.3, -0.25) is 4.79 Å². The fourth-order valence-electron chi connectivity index (χ4n) is 2.44. The predicted octanol–water partition coefficient (Wildman–Crippen LogP) is 4.21. The van der Waals surface area contributed by atoms with Crippen LogP contribution in [0.5, 0.6) is 5.75 Å². The Morgan fingerprint density at radius 2 is 1.83 bits per heavy atom. The summed E-state index contributed by atoms with van der Waals surface area (Å²) in [5.41, 5.74) is 2.27.